The number of hydrogen-bond acceptors (Lipinski definition) is 2. The van der Waals surface area contributed by atoms with Crippen LogP contribution in [-0.2, 0) is 10.3 Å². The van der Waals surface area contributed by atoms with Crippen LogP contribution in [0, 0.1) is 5.92 Å². The minimum atomic E-state index is -0.915. The van der Waals surface area contributed by atoms with Gasteiger partial charge in [-0.25, -0.2) is 0 Å². The average molecular weight is 283 g/mol. The highest BCUT2D eigenvalue weighted by molar-refractivity contribution is 5.87. The van der Waals surface area contributed by atoms with Gasteiger partial charge in [0.05, 0.1) is 0 Å². The van der Waals surface area contributed by atoms with Crippen LogP contribution in [0.15, 0.2) is 30.3 Å². The minimum absolute atomic E-state index is 0. The summed E-state index contributed by atoms with van der Waals surface area (Å²) < 4.78 is 0. The molecule has 1 atom stereocenters. The van der Waals surface area contributed by atoms with Crippen molar-refractivity contribution in [3.8, 4) is 0 Å². The summed E-state index contributed by atoms with van der Waals surface area (Å²) in [6.07, 6.45) is 2.16. The lowest BCUT2D eigenvalue weighted by molar-refractivity contribution is -0.138. The zero-order valence-electron chi connectivity index (χ0n) is 11.6. The van der Waals surface area contributed by atoms with Crippen LogP contribution in [0.3, 0.4) is 0 Å². The third-order valence-electron chi connectivity index (χ3n) is 3.89. The Bertz CT molecular complexity index is 411. The van der Waals surface area contributed by atoms with E-state index in [4.69, 9.17) is 5.73 Å². The number of halogens is 1. The van der Waals surface area contributed by atoms with E-state index >= 15 is 0 Å². The Morgan fingerprint density at radius 3 is 2.32 bits per heavy atom. The van der Waals surface area contributed by atoms with Gasteiger partial charge in [0.2, 0.25) is 5.91 Å². The summed E-state index contributed by atoms with van der Waals surface area (Å²) >= 11 is 0. The fourth-order valence-corrected chi connectivity index (χ4v) is 2.45. The van der Waals surface area contributed by atoms with Crippen molar-refractivity contribution in [1.29, 1.82) is 0 Å². The average Bonchev–Trinajstić information content (AvgIpc) is 2.40. The van der Waals surface area contributed by atoms with Crippen LogP contribution < -0.4 is 5.73 Å². The van der Waals surface area contributed by atoms with Gasteiger partial charge in [-0.1, -0.05) is 37.3 Å². The zero-order valence-corrected chi connectivity index (χ0v) is 12.5. The summed E-state index contributed by atoms with van der Waals surface area (Å²) in [5.74, 6) is 0.760. The van der Waals surface area contributed by atoms with Crippen LogP contribution in [0.1, 0.15) is 32.3 Å². The quantitative estimate of drug-likeness (QED) is 0.906. The number of nitrogens with zero attached hydrogens (tertiary/aromatic N) is 1. The van der Waals surface area contributed by atoms with E-state index in [-0.39, 0.29) is 18.3 Å². The molecule has 2 rings (SSSR count). The monoisotopic (exact) mass is 282 g/mol. The maximum atomic E-state index is 12.5. The van der Waals surface area contributed by atoms with Crippen molar-refractivity contribution in [1.82, 2.24) is 4.90 Å². The zero-order chi connectivity index (χ0) is 13.2. The van der Waals surface area contributed by atoms with Crippen molar-refractivity contribution in [2.45, 2.75) is 32.2 Å². The van der Waals surface area contributed by atoms with Gasteiger partial charge in [-0.15, -0.1) is 12.4 Å². The molecule has 0 saturated carbocycles. The molecule has 19 heavy (non-hydrogen) atoms. The Balaban J connectivity index is 0.00000180. The lowest BCUT2D eigenvalue weighted by Crippen LogP contribution is -2.52. The summed E-state index contributed by atoms with van der Waals surface area (Å²) in [7, 11) is 0. The van der Waals surface area contributed by atoms with Crippen LogP contribution in [0.5, 0.6) is 0 Å². The standard InChI is InChI=1S/C15H22N2O.ClH/c1-12-8-10-17(11-9-12)14(18)15(2,16)13-6-4-3-5-7-13;/h3-7,12H,8-11,16H2,1-2H3;1H. The normalized spacial score (nSPS) is 19.4. The van der Waals surface area contributed by atoms with Gasteiger partial charge >= 0.3 is 0 Å². The highest BCUT2D eigenvalue weighted by atomic mass is 35.5. The summed E-state index contributed by atoms with van der Waals surface area (Å²) in [5, 5.41) is 0. The van der Waals surface area contributed by atoms with Crippen LogP contribution in [0.25, 0.3) is 0 Å². The molecule has 1 aromatic rings. The predicted octanol–water partition coefficient (Wildman–Crippen LogP) is 2.54. The van der Waals surface area contributed by atoms with Crippen LogP contribution >= 0.6 is 12.4 Å². The molecular formula is C15H23ClN2O. The van der Waals surface area contributed by atoms with E-state index in [0.29, 0.717) is 0 Å². The Kier molecular flexibility index (Phi) is 5.39. The molecule has 1 aliphatic rings. The third-order valence-corrected chi connectivity index (χ3v) is 3.89. The maximum Gasteiger partial charge on any atom is 0.246 e. The predicted molar refractivity (Wildman–Crippen MR) is 80.2 cm³/mol. The Morgan fingerprint density at radius 1 is 1.26 bits per heavy atom. The molecule has 4 heteroatoms. The fourth-order valence-electron chi connectivity index (χ4n) is 2.45. The smallest absolute Gasteiger partial charge is 0.246 e. The second kappa shape index (κ2) is 6.40. The van der Waals surface area contributed by atoms with Crippen LogP contribution in [-0.4, -0.2) is 23.9 Å². The Hall–Kier alpha value is -1.06. The van der Waals surface area contributed by atoms with Gasteiger partial charge in [0, 0.05) is 13.1 Å². The number of amides is 1. The van der Waals surface area contributed by atoms with Crippen molar-refractivity contribution in [3.05, 3.63) is 35.9 Å². The van der Waals surface area contributed by atoms with Gasteiger partial charge in [-0.3, -0.25) is 4.79 Å². The number of hydrogen-bond donors (Lipinski definition) is 1. The number of benzene rings is 1. The molecule has 1 amide bonds. The molecule has 0 aliphatic carbocycles. The number of piperidine rings is 1. The van der Waals surface area contributed by atoms with Crippen LogP contribution in [0.4, 0.5) is 0 Å². The summed E-state index contributed by atoms with van der Waals surface area (Å²) in [4.78, 5) is 14.4. The highest BCUT2D eigenvalue weighted by Crippen LogP contribution is 2.24. The van der Waals surface area contributed by atoms with Gasteiger partial charge in [0.25, 0.3) is 0 Å². The van der Waals surface area contributed by atoms with Gasteiger partial charge in [0.1, 0.15) is 5.54 Å². The first-order chi connectivity index (χ1) is 8.51. The van der Waals surface area contributed by atoms with Gasteiger partial charge in [0.15, 0.2) is 0 Å². The van der Waals surface area contributed by atoms with E-state index in [1.165, 1.54) is 0 Å². The molecule has 2 N–H and O–H groups in total. The first-order valence-corrected chi connectivity index (χ1v) is 6.65. The fraction of sp³-hybridized carbons (Fsp3) is 0.533. The minimum Gasteiger partial charge on any atom is -0.341 e. The molecule has 0 radical (unpaired) electrons. The van der Waals surface area contributed by atoms with E-state index in [1.54, 1.807) is 0 Å². The summed E-state index contributed by atoms with van der Waals surface area (Å²) in [6.45, 7) is 5.71. The van der Waals surface area contributed by atoms with Gasteiger partial charge in [-0.2, -0.15) is 0 Å². The largest absolute Gasteiger partial charge is 0.341 e. The van der Waals surface area contributed by atoms with E-state index < -0.39 is 5.54 Å². The SMILES string of the molecule is CC1CCN(C(=O)C(C)(N)c2ccccc2)CC1.Cl. The van der Waals surface area contributed by atoms with E-state index in [0.717, 1.165) is 37.4 Å². The number of carbonyl (C=O) groups is 1. The lowest BCUT2D eigenvalue weighted by Gasteiger charge is -2.36. The maximum absolute atomic E-state index is 12.5. The molecule has 106 valence electrons. The topological polar surface area (TPSA) is 46.3 Å². The molecule has 1 heterocycles. The van der Waals surface area contributed by atoms with Crippen molar-refractivity contribution >= 4 is 18.3 Å². The van der Waals surface area contributed by atoms with E-state index in [1.807, 2.05) is 42.2 Å². The second-order valence-corrected chi connectivity index (χ2v) is 5.54. The van der Waals surface area contributed by atoms with E-state index in [2.05, 4.69) is 6.92 Å². The first-order valence-electron chi connectivity index (χ1n) is 6.65. The third kappa shape index (κ3) is 3.48. The molecule has 1 fully saturated rings. The Labute approximate surface area is 121 Å². The number of nitrogens with two attached hydrogens (primary N) is 1. The second-order valence-electron chi connectivity index (χ2n) is 5.54. The molecule has 0 bridgehead atoms. The van der Waals surface area contributed by atoms with Crippen LogP contribution in [0.2, 0.25) is 0 Å². The molecule has 1 saturated heterocycles. The number of rotatable bonds is 2. The van der Waals surface area contributed by atoms with Crippen molar-refractivity contribution < 1.29 is 4.79 Å². The van der Waals surface area contributed by atoms with Gasteiger partial charge < -0.3 is 10.6 Å². The first kappa shape index (κ1) is 16.0. The Morgan fingerprint density at radius 2 is 1.79 bits per heavy atom. The van der Waals surface area contributed by atoms with E-state index in [9.17, 15) is 4.79 Å². The molecular weight excluding hydrogens is 260 g/mol. The highest BCUT2D eigenvalue weighted by Gasteiger charge is 2.35. The number of carbonyl (C=O) groups excluding carboxylic acids is 1. The molecule has 3 nitrogen and oxygen atoms in total. The number of likely N-dealkylation sites (tertiary alicyclic amines) is 1. The van der Waals surface area contributed by atoms with Crippen molar-refractivity contribution in [2.24, 2.45) is 11.7 Å². The van der Waals surface area contributed by atoms with Gasteiger partial charge in [-0.05, 0) is 31.2 Å². The molecule has 1 aliphatic heterocycles. The lowest BCUT2D eigenvalue weighted by atomic mass is 9.90. The summed E-state index contributed by atoms with van der Waals surface area (Å²) in [6, 6.07) is 9.62. The molecule has 1 unspecified atom stereocenters. The summed E-state index contributed by atoms with van der Waals surface area (Å²) in [5.41, 5.74) is 6.22. The molecule has 0 aromatic heterocycles. The molecule has 0 spiro atoms. The van der Waals surface area contributed by atoms with Crippen molar-refractivity contribution in [3.63, 3.8) is 0 Å². The molecule has 1 aromatic carbocycles. The van der Waals surface area contributed by atoms with Crippen molar-refractivity contribution in [2.75, 3.05) is 13.1 Å².